The molecule has 2 saturated carbocycles. The molecule has 0 aliphatic heterocycles. The average Bonchev–Trinajstić information content (AvgIpc) is 3.42. The molecular formula is C64H76N4O6. The van der Waals surface area contributed by atoms with E-state index in [0.717, 1.165) is 82.0 Å². The fraction of sp³-hybridized carbons (Fsp3) is 0.375. The van der Waals surface area contributed by atoms with Crippen molar-refractivity contribution >= 4 is 35.0 Å². The molecule has 0 heterocycles. The van der Waals surface area contributed by atoms with Crippen molar-refractivity contribution in [2.45, 2.75) is 104 Å². The fourth-order valence-corrected chi connectivity index (χ4v) is 10.2. The van der Waals surface area contributed by atoms with Gasteiger partial charge in [0.1, 0.15) is 23.0 Å². The quantitative estimate of drug-likeness (QED) is 0.0795. The van der Waals surface area contributed by atoms with Crippen LogP contribution in [0.15, 0.2) is 178 Å². The van der Waals surface area contributed by atoms with Gasteiger partial charge >= 0.3 is 0 Å². The number of methoxy groups -OCH3 is 4. The van der Waals surface area contributed by atoms with E-state index in [9.17, 15) is 0 Å². The summed E-state index contributed by atoms with van der Waals surface area (Å²) in [4.78, 5) is 18.8. The van der Waals surface area contributed by atoms with E-state index in [1.54, 1.807) is 28.4 Å². The van der Waals surface area contributed by atoms with Gasteiger partial charge in [-0.25, -0.2) is 20.0 Å². The molecule has 10 heteroatoms. The number of aliphatic imine (C=N–C) groups is 4. The second-order valence-corrected chi connectivity index (χ2v) is 20.2. The van der Waals surface area contributed by atoms with Gasteiger partial charge in [0.2, 0.25) is 11.8 Å². The zero-order chi connectivity index (χ0) is 52.5. The normalized spacial score (nSPS) is 20.6. The van der Waals surface area contributed by atoms with Gasteiger partial charge in [0.15, 0.2) is 11.8 Å². The molecule has 0 saturated heterocycles. The number of hydrogen-bond acceptors (Lipinski definition) is 10. The summed E-state index contributed by atoms with van der Waals surface area (Å²) in [7, 11) is 6.68. The Hall–Kier alpha value is -7.20. The number of rotatable bonds is 14. The van der Waals surface area contributed by atoms with Gasteiger partial charge in [-0.2, -0.15) is 0 Å². The van der Waals surface area contributed by atoms with E-state index in [2.05, 4.69) is 86.2 Å². The lowest BCUT2D eigenvalue weighted by molar-refractivity contribution is 0.168. The van der Waals surface area contributed by atoms with E-state index < -0.39 is 0 Å². The Balaban J connectivity index is 0.000000217. The summed E-state index contributed by atoms with van der Waals surface area (Å²) in [5.41, 5.74) is 5.95. The van der Waals surface area contributed by atoms with E-state index in [4.69, 9.17) is 38.4 Å². The van der Waals surface area contributed by atoms with Gasteiger partial charge in [-0.15, -0.1) is 0 Å². The molecule has 10 nitrogen and oxygen atoms in total. The molecule has 0 N–H and O–H groups in total. The van der Waals surface area contributed by atoms with E-state index in [0.29, 0.717) is 35.7 Å². The molecular weight excluding hydrogens is 921 g/mol. The van der Waals surface area contributed by atoms with Gasteiger partial charge < -0.3 is 28.4 Å². The molecule has 0 spiro atoms. The molecule has 8 rings (SSSR count). The van der Waals surface area contributed by atoms with Crippen LogP contribution >= 0.6 is 0 Å². The SMILES string of the molecule is COC(=NC1CCC(CC2CCC(N=C(OC)c3ccccc3)C(C)C2)CC1C)c1ccccc1.COC(C)=Nc1ccc(Oc2ccc(C(C)(C)c3ccc(Oc4ccc(N=C(C)OC)cc4)cc3)cc2)cc1. The third-order valence-electron chi connectivity index (χ3n) is 14.6. The first-order valence-electron chi connectivity index (χ1n) is 26.1. The molecule has 0 aromatic heterocycles. The van der Waals surface area contributed by atoms with Crippen molar-refractivity contribution in [3.05, 3.63) is 180 Å². The number of hydrogen-bond donors (Lipinski definition) is 0. The second kappa shape index (κ2) is 26.7. The number of benzene rings is 6. The first kappa shape index (κ1) is 54.6. The lowest BCUT2D eigenvalue weighted by atomic mass is 9.71. The first-order chi connectivity index (χ1) is 35.8. The van der Waals surface area contributed by atoms with Crippen molar-refractivity contribution in [3.8, 4) is 23.0 Å². The zero-order valence-electron chi connectivity index (χ0n) is 45.2. The van der Waals surface area contributed by atoms with Crippen LogP contribution in [-0.2, 0) is 24.4 Å². The van der Waals surface area contributed by atoms with Crippen LogP contribution in [0, 0.1) is 23.7 Å². The van der Waals surface area contributed by atoms with Gasteiger partial charge in [-0.05, 0) is 177 Å². The minimum Gasteiger partial charge on any atom is -0.484 e. The lowest BCUT2D eigenvalue weighted by Crippen LogP contribution is -2.31. The summed E-state index contributed by atoms with van der Waals surface area (Å²) < 4.78 is 33.6. The van der Waals surface area contributed by atoms with Crippen molar-refractivity contribution in [1.82, 2.24) is 0 Å². The van der Waals surface area contributed by atoms with Gasteiger partial charge in [-0.1, -0.05) is 88.4 Å². The fourth-order valence-electron chi connectivity index (χ4n) is 10.2. The van der Waals surface area contributed by atoms with E-state index >= 15 is 0 Å². The van der Waals surface area contributed by atoms with Crippen molar-refractivity contribution in [3.63, 3.8) is 0 Å². The Kier molecular flexibility index (Phi) is 19.7. The van der Waals surface area contributed by atoms with Crippen molar-refractivity contribution in [2.24, 2.45) is 43.6 Å². The molecule has 2 aliphatic rings. The highest BCUT2D eigenvalue weighted by molar-refractivity contribution is 5.94. The van der Waals surface area contributed by atoms with Gasteiger partial charge in [0.05, 0.1) is 51.9 Å². The lowest BCUT2D eigenvalue weighted by Gasteiger charge is -2.37. The molecule has 388 valence electrons. The second-order valence-electron chi connectivity index (χ2n) is 20.2. The van der Waals surface area contributed by atoms with Crippen LogP contribution in [0.1, 0.15) is 109 Å². The minimum atomic E-state index is -0.200. The molecule has 2 fully saturated rings. The topological polar surface area (TPSA) is 105 Å². The van der Waals surface area contributed by atoms with Crippen molar-refractivity contribution < 1.29 is 28.4 Å². The molecule has 6 aromatic rings. The first-order valence-corrected chi connectivity index (χ1v) is 26.1. The summed E-state index contributed by atoms with van der Waals surface area (Å²) in [6.07, 6.45) is 8.77. The van der Waals surface area contributed by atoms with Crippen molar-refractivity contribution in [1.29, 1.82) is 0 Å². The predicted molar refractivity (Wildman–Crippen MR) is 303 cm³/mol. The van der Waals surface area contributed by atoms with Gasteiger partial charge in [0.25, 0.3) is 0 Å². The smallest absolute Gasteiger partial charge is 0.216 e. The molecule has 6 atom stereocenters. The zero-order valence-corrected chi connectivity index (χ0v) is 45.2. The maximum absolute atomic E-state index is 6.03. The summed E-state index contributed by atoms with van der Waals surface area (Å²) in [6.45, 7) is 12.8. The predicted octanol–water partition coefficient (Wildman–Crippen LogP) is 16.2. The summed E-state index contributed by atoms with van der Waals surface area (Å²) in [5.74, 6) is 8.64. The molecule has 74 heavy (non-hydrogen) atoms. The summed E-state index contributed by atoms with van der Waals surface area (Å²) in [5, 5.41) is 0. The number of ether oxygens (including phenoxy) is 6. The van der Waals surface area contributed by atoms with Crippen LogP contribution in [0.25, 0.3) is 0 Å². The molecule has 0 bridgehead atoms. The molecule has 2 aliphatic carbocycles. The number of nitrogens with zero attached hydrogens (tertiary/aromatic N) is 4. The van der Waals surface area contributed by atoms with Crippen molar-refractivity contribution in [2.75, 3.05) is 28.4 Å². The van der Waals surface area contributed by atoms with Crippen LogP contribution in [0.5, 0.6) is 23.0 Å². The van der Waals surface area contributed by atoms with Crippen LogP contribution in [-0.4, -0.2) is 64.1 Å². The monoisotopic (exact) mass is 997 g/mol. The van der Waals surface area contributed by atoms with Crippen LogP contribution < -0.4 is 9.47 Å². The summed E-state index contributed by atoms with van der Waals surface area (Å²) in [6, 6.07) is 52.9. The van der Waals surface area contributed by atoms with E-state index in [1.807, 2.05) is 123 Å². The maximum atomic E-state index is 6.03. The van der Waals surface area contributed by atoms with Crippen LogP contribution in [0.2, 0.25) is 0 Å². The Bertz CT molecular complexity index is 2580. The highest BCUT2D eigenvalue weighted by atomic mass is 16.5. The minimum absolute atomic E-state index is 0.200. The van der Waals surface area contributed by atoms with E-state index in [-0.39, 0.29) is 5.41 Å². The largest absolute Gasteiger partial charge is 0.484 e. The third kappa shape index (κ3) is 15.4. The molecule has 6 aromatic carbocycles. The van der Waals surface area contributed by atoms with E-state index in [1.165, 1.54) is 43.2 Å². The Morgan fingerprint density at radius 3 is 1.09 bits per heavy atom. The summed E-state index contributed by atoms with van der Waals surface area (Å²) >= 11 is 0. The molecule has 0 radical (unpaired) electrons. The molecule has 0 amide bonds. The Morgan fingerprint density at radius 1 is 0.446 bits per heavy atom. The highest BCUT2D eigenvalue weighted by Crippen LogP contribution is 2.41. The third-order valence-corrected chi connectivity index (χ3v) is 14.6. The Morgan fingerprint density at radius 2 is 0.784 bits per heavy atom. The molecule has 6 unspecified atom stereocenters. The van der Waals surface area contributed by atoms with Crippen LogP contribution in [0.4, 0.5) is 11.4 Å². The standard InChI is InChI=1S/C33H34N2O4.C31H42N2O2/c1-23(36-5)34-27-11-19-31(20-12-27)38-29-15-7-25(8-16-29)33(3,4)26-9-17-30(18-10-26)39-32-21-13-28(14-22-32)35-24(2)37-6;1-22-19-24(15-17-28(22)32-30(34-3)26-11-7-5-8-12-26)21-25-16-18-29(23(2)20-25)33-31(35-4)27-13-9-6-10-14-27/h7-22H,1-6H3;5-14,22-25,28-29H,15-21H2,1-4H3. The van der Waals surface area contributed by atoms with Crippen LogP contribution in [0.3, 0.4) is 0 Å². The highest BCUT2D eigenvalue weighted by Gasteiger charge is 2.33. The van der Waals surface area contributed by atoms with Gasteiger partial charge in [0, 0.05) is 30.4 Å². The maximum Gasteiger partial charge on any atom is 0.216 e. The average molecular weight is 997 g/mol. The van der Waals surface area contributed by atoms with Gasteiger partial charge in [-0.3, -0.25) is 0 Å². The Labute approximate surface area is 440 Å².